The number of hydrogen-bond donors (Lipinski definition) is 0. The predicted octanol–water partition coefficient (Wildman–Crippen LogP) is 1.83. The number of aromatic nitrogens is 1. The number of nitrogens with zero attached hydrogens (tertiary/aromatic N) is 3. The number of rotatable bonds is 3. The number of pyridine rings is 1. The van der Waals surface area contributed by atoms with Crippen LogP contribution in [0.25, 0.3) is 0 Å². The van der Waals surface area contributed by atoms with Gasteiger partial charge in [-0.3, -0.25) is 4.79 Å². The fourth-order valence-corrected chi connectivity index (χ4v) is 2.29. The van der Waals surface area contributed by atoms with Gasteiger partial charge in [-0.2, -0.15) is 0 Å². The van der Waals surface area contributed by atoms with Crippen molar-refractivity contribution < 1.29 is 9.53 Å². The first-order valence-corrected chi connectivity index (χ1v) is 7.00. The minimum absolute atomic E-state index is 0.0549. The number of halogens is 1. The topological polar surface area (TPSA) is 45.7 Å². The Hall–Kier alpha value is -1.33. The Bertz CT molecular complexity index is 519. The molecule has 1 aliphatic heterocycles. The molecule has 1 unspecified atom stereocenters. The van der Waals surface area contributed by atoms with Crippen LogP contribution in [0.4, 0.5) is 0 Å². The van der Waals surface area contributed by atoms with Crippen molar-refractivity contribution in [3.8, 4) is 5.88 Å². The molecule has 5 nitrogen and oxygen atoms in total. The first-order valence-electron chi connectivity index (χ1n) is 6.62. The maximum Gasteiger partial charge on any atom is 0.259 e. The Kier molecular flexibility index (Phi) is 4.50. The molecule has 1 aliphatic rings. The smallest absolute Gasteiger partial charge is 0.259 e. The van der Waals surface area contributed by atoms with Crippen molar-refractivity contribution in [3.05, 3.63) is 22.3 Å². The molecule has 1 atom stereocenters. The molecule has 0 saturated carbocycles. The van der Waals surface area contributed by atoms with Crippen LogP contribution in [-0.2, 0) is 0 Å². The van der Waals surface area contributed by atoms with Crippen LogP contribution in [-0.4, -0.2) is 61.0 Å². The number of likely N-dealkylation sites (N-methyl/N-ethyl adjacent to an activating group) is 1. The van der Waals surface area contributed by atoms with E-state index < -0.39 is 0 Å². The van der Waals surface area contributed by atoms with Crippen LogP contribution < -0.4 is 4.74 Å². The van der Waals surface area contributed by atoms with E-state index in [0.29, 0.717) is 28.7 Å². The third-order valence-corrected chi connectivity index (χ3v) is 3.73. The van der Waals surface area contributed by atoms with E-state index in [1.807, 2.05) is 14.1 Å². The van der Waals surface area contributed by atoms with E-state index in [2.05, 4.69) is 9.88 Å². The highest BCUT2D eigenvalue weighted by atomic mass is 35.5. The molecular formula is C14H20ClN3O2. The molecule has 0 radical (unpaired) electrons. The summed E-state index contributed by atoms with van der Waals surface area (Å²) >= 11 is 6.06. The van der Waals surface area contributed by atoms with Gasteiger partial charge in [-0.05, 0) is 33.5 Å². The number of ether oxygens (including phenoxy) is 1. The van der Waals surface area contributed by atoms with E-state index in [1.54, 1.807) is 24.9 Å². The molecule has 1 amide bonds. The maximum absolute atomic E-state index is 12.3. The van der Waals surface area contributed by atoms with Gasteiger partial charge in [-0.25, -0.2) is 4.98 Å². The third kappa shape index (κ3) is 3.22. The molecule has 1 aromatic heterocycles. The first-order chi connectivity index (χ1) is 9.38. The number of amides is 1. The van der Waals surface area contributed by atoms with Crippen molar-refractivity contribution in [2.45, 2.75) is 19.4 Å². The molecular weight excluding hydrogens is 278 g/mol. The summed E-state index contributed by atoms with van der Waals surface area (Å²) in [5.41, 5.74) is 1.12. The van der Waals surface area contributed by atoms with Gasteiger partial charge in [0.1, 0.15) is 11.7 Å². The van der Waals surface area contributed by atoms with E-state index in [0.717, 1.165) is 13.0 Å². The number of aryl methyl sites for hydroxylation is 1. The van der Waals surface area contributed by atoms with Gasteiger partial charge < -0.3 is 14.5 Å². The molecule has 0 spiro atoms. The lowest BCUT2D eigenvalue weighted by Gasteiger charge is -2.21. The molecule has 0 bridgehead atoms. The molecule has 0 N–H and O–H groups in total. The summed E-state index contributed by atoms with van der Waals surface area (Å²) < 4.78 is 5.93. The fraction of sp³-hybridized carbons (Fsp3) is 0.571. The summed E-state index contributed by atoms with van der Waals surface area (Å²) in [5.74, 6) is 0.298. The van der Waals surface area contributed by atoms with Crippen molar-refractivity contribution in [1.82, 2.24) is 14.8 Å². The molecule has 110 valence electrons. The van der Waals surface area contributed by atoms with Gasteiger partial charge in [0.05, 0.1) is 17.3 Å². The maximum atomic E-state index is 12.3. The van der Waals surface area contributed by atoms with Gasteiger partial charge >= 0.3 is 0 Å². The summed E-state index contributed by atoms with van der Waals surface area (Å²) in [6.45, 7) is 3.26. The second-order valence-corrected chi connectivity index (χ2v) is 5.83. The lowest BCUT2D eigenvalue weighted by Crippen LogP contribution is -2.35. The van der Waals surface area contributed by atoms with Gasteiger partial charge in [-0.1, -0.05) is 11.6 Å². The van der Waals surface area contributed by atoms with Crippen molar-refractivity contribution in [2.24, 2.45) is 0 Å². The average molecular weight is 298 g/mol. The summed E-state index contributed by atoms with van der Waals surface area (Å²) in [4.78, 5) is 20.4. The largest absolute Gasteiger partial charge is 0.472 e. The molecule has 2 heterocycles. The zero-order chi connectivity index (χ0) is 14.9. The Morgan fingerprint density at radius 1 is 1.55 bits per heavy atom. The number of carbonyl (C=O) groups excluding carboxylic acids is 1. The van der Waals surface area contributed by atoms with Gasteiger partial charge in [0.2, 0.25) is 5.88 Å². The quantitative estimate of drug-likeness (QED) is 0.854. The molecule has 0 aromatic carbocycles. The van der Waals surface area contributed by atoms with Crippen LogP contribution >= 0.6 is 11.6 Å². The van der Waals surface area contributed by atoms with Crippen molar-refractivity contribution in [2.75, 3.05) is 34.2 Å². The van der Waals surface area contributed by atoms with Crippen molar-refractivity contribution in [3.63, 3.8) is 0 Å². The van der Waals surface area contributed by atoms with Gasteiger partial charge in [0.15, 0.2) is 0 Å². The monoisotopic (exact) mass is 297 g/mol. The Labute approximate surface area is 124 Å². The summed E-state index contributed by atoms with van der Waals surface area (Å²) in [6.07, 6.45) is 0.786. The second-order valence-electron chi connectivity index (χ2n) is 5.43. The highest BCUT2D eigenvalue weighted by Crippen LogP contribution is 2.27. The van der Waals surface area contributed by atoms with Gasteiger partial charge in [0.25, 0.3) is 5.91 Å². The van der Waals surface area contributed by atoms with E-state index in [1.165, 1.54) is 0 Å². The SMILES string of the molecule is Cc1nc2c(cc1Cl)C(=O)N(C)CC(CCN(C)C)O2. The normalized spacial score (nSPS) is 18.8. The molecule has 0 aliphatic carbocycles. The zero-order valence-corrected chi connectivity index (χ0v) is 13.1. The third-order valence-electron chi connectivity index (χ3n) is 3.35. The van der Waals surface area contributed by atoms with Gasteiger partial charge in [-0.15, -0.1) is 0 Å². The molecule has 0 fully saturated rings. The molecule has 6 heteroatoms. The lowest BCUT2D eigenvalue weighted by atomic mass is 10.2. The minimum Gasteiger partial charge on any atom is -0.472 e. The standard InChI is InChI=1S/C14H20ClN3O2/c1-9-12(15)7-11-13(16-9)20-10(5-6-17(2)3)8-18(4)14(11)19/h7,10H,5-6,8H2,1-4H3. The van der Waals surface area contributed by atoms with E-state index >= 15 is 0 Å². The summed E-state index contributed by atoms with van der Waals surface area (Å²) in [7, 11) is 5.81. The van der Waals surface area contributed by atoms with Crippen molar-refractivity contribution in [1.29, 1.82) is 0 Å². The highest BCUT2D eigenvalue weighted by molar-refractivity contribution is 6.31. The van der Waals surface area contributed by atoms with Crippen LogP contribution in [0.2, 0.25) is 5.02 Å². The van der Waals surface area contributed by atoms with Crippen LogP contribution in [0.1, 0.15) is 22.5 Å². The molecule has 2 rings (SSSR count). The van der Waals surface area contributed by atoms with Crippen LogP contribution in [0.5, 0.6) is 5.88 Å². The molecule has 20 heavy (non-hydrogen) atoms. The Balaban J connectivity index is 2.29. The lowest BCUT2D eigenvalue weighted by molar-refractivity contribution is 0.0749. The van der Waals surface area contributed by atoms with E-state index in [4.69, 9.17) is 16.3 Å². The Morgan fingerprint density at radius 2 is 2.25 bits per heavy atom. The zero-order valence-electron chi connectivity index (χ0n) is 12.3. The summed E-state index contributed by atoms with van der Waals surface area (Å²) in [6, 6.07) is 1.65. The second kappa shape index (κ2) is 5.97. The molecule has 0 saturated heterocycles. The van der Waals surface area contributed by atoms with E-state index in [9.17, 15) is 4.79 Å². The summed E-state index contributed by atoms with van der Waals surface area (Å²) in [5, 5.41) is 0.487. The highest BCUT2D eigenvalue weighted by Gasteiger charge is 2.28. The van der Waals surface area contributed by atoms with Crippen LogP contribution in [0, 0.1) is 6.92 Å². The van der Waals surface area contributed by atoms with Crippen molar-refractivity contribution >= 4 is 17.5 Å². The Morgan fingerprint density at radius 3 is 2.90 bits per heavy atom. The molecule has 1 aromatic rings. The predicted molar refractivity (Wildman–Crippen MR) is 78.5 cm³/mol. The number of hydrogen-bond acceptors (Lipinski definition) is 4. The van der Waals surface area contributed by atoms with Crippen LogP contribution in [0.15, 0.2) is 6.07 Å². The van der Waals surface area contributed by atoms with E-state index in [-0.39, 0.29) is 12.0 Å². The number of fused-ring (bicyclic) bond motifs is 1. The number of carbonyl (C=O) groups is 1. The van der Waals surface area contributed by atoms with Crippen LogP contribution in [0.3, 0.4) is 0 Å². The fourth-order valence-electron chi connectivity index (χ4n) is 2.14. The minimum atomic E-state index is -0.0956. The average Bonchev–Trinajstić information content (AvgIpc) is 2.48. The first kappa shape index (κ1) is 15.1. The van der Waals surface area contributed by atoms with Gasteiger partial charge in [0, 0.05) is 13.6 Å².